The molecule has 2 saturated heterocycles. The van der Waals surface area contributed by atoms with E-state index in [0.29, 0.717) is 25.0 Å². The van der Waals surface area contributed by atoms with Gasteiger partial charge in [0, 0.05) is 27.7 Å². The van der Waals surface area contributed by atoms with E-state index in [1.54, 1.807) is 7.11 Å². The predicted molar refractivity (Wildman–Crippen MR) is 133 cm³/mol. The summed E-state index contributed by atoms with van der Waals surface area (Å²) < 4.78 is 13.0. The molecule has 0 aliphatic carbocycles. The maximum absolute atomic E-state index is 6.26. The van der Waals surface area contributed by atoms with Crippen LogP contribution in [0.25, 0.3) is 10.8 Å². The quantitative estimate of drug-likeness (QED) is 0.484. The van der Waals surface area contributed by atoms with E-state index in [-0.39, 0.29) is 5.54 Å². The first-order valence-corrected chi connectivity index (χ1v) is 12.7. The van der Waals surface area contributed by atoms with Gasteiger partial charge in [-0.05, 0) is 62.7 Å². The second-order valence-electron chi connectivity index (χ2n) is 9.43. The van der Waals surface area contributed by atoms with Gasteiger partial charge in [0.25, 0.3) is 0 Å². The number of anilines is 1. The number of hydrogen-bond donors (Lipinski definition) is 0. The number of fused-ring (bicyclic) bond motifs is 3. The van der Waals surface area contributed by atoms with E-state index in [4.69, 9.17) is 14.5 Å². The molecule has 0 radical (unpaired) electrons. The van der Waals surface area contributed by atoms with Gasteiger partial charge in [-0.15, -0.1) is 0 Å². The van der Waals surface area contributed by atoms with Crippen molar-refractivity contribution < 1.29 is 9.47 Å². The van der Waals surface area contributed by atoms with Crippen LogP contribution in [0.1, 0.15) is 36.9 Å². The molecule has 6 rings (SSSR count). The van der Waals surface area contributed by atoms with Gasteiger partial charge < -0.3 is 14.4 Å². The number of aromatic nitrogens is 2. The molecule has 2 fully saturated rings. The van der Waals surface area contributed by atoms with Gasteiger partial charge in [0.15, 0.2) is 0 Å². The lowest BCUT2D eigenvalue weighted by Gasteiger charge is -2.33. The minimum absolute atomic E-state index is 0.174. The lowest BCUT2D eigenvalue weighted by molar-refractivity contribution is 0.106. The van der Waals surface area contributed by atoms with Crippen LogP contribution in [0, 0.1) is 0 Å². The Balaban J connectivity index is 1.29. The fourth-order valence-corrected chi connectivity index (χ4v) is 6.60. The number of hydrogen-bond acceptors (Lipinski definition) is 6. The molecule has 0 N–H and O–H groups in total. The summed E-state index contributed by atoms with van der Waals surface area (Å²) in [5, 5.41) is 2.47. The van der Waals surface area contributed by atoms with E-state index >= 15 is 0 Å². The molecule has 1 aromatic heterocycles. The zero-order chi connectivity index (χ0) is 22.4. The largest absolute Gasteiger partial charge is 0.481 e. The summed E-state index contributed by atoms with van der Waals surface area (Å²) in [5.41, 5.74) is 3.49. The van der Waals surface area contributed by atoms with Gasteiger partial charge in [0.1, 0.15) is 6.61 Å². The summed E-state index contributed by atoms with van der Waals surface area (Å²) in [6.07, 6.45) is 5.77. The van der Waals surface area contributed by atoms with Crippen molar-refractivity contribution in [1.82, 2.24) is 14.9 Å². The molecule has 3 aliphatic rings. The Hall–Kier alpha value is -2.38. The summed E-state index contributed by atoms with van der Waals surface area (Å²) in [5.74, 6) is 0.654. The number of rotatable bonds is 5. The van der Waals surface area contributed by atoms with Crippen LogP contribution in [0.5, 0.6) is 11.9 Å². The highest BCUT2D eigenvalue weighted by Gasteiger charge is 2.45. The Morgan fingerprint density at radius 3 is 2.61 bits per heavy atom. The standard InChI is InChI=1S/C26H29BrN4O2/c1-32-24-19-10-15-30(22-9-3-7-18-6-2-8-20(27)23(18)22)16-21(19)28-25(29-24)33-17-26-11-4-13-31(26)14-5-12-26/h2-3,6-9H,4-5,10-17H2,1H3. The van der Waals surface area contributed by atoms with Crippen molar-refractivity contribution in [3.8, 4) is 11.9 Å². The van der Waals surface area contributed by atoms with Crippen LogP contribution in [0.4, 0.5) is 5.69 Å². The van der Waals surface area contributed by atoms with Crippen molar-refractivity contribution in [2.24, 2.45) is 0 Å². The highest BCUT2D eigenvalue weighted by atomic mass is 79.9. The minimum atomic E-state index is 0.174. The highest BCUT2D eigenvalue weighted by molar-refractivity contribution is 9.10. The molecule has 7 heteroatoms. The Kier molecular flexibility index (Phi) is 5.41. The molecule has 0 spiro atoms. The van der Waals surface area contributed by atoms with Gasteiger partial charge in [0.05, 0.1) is 24.9 Å². The van der Waals surface area contributed by atoms with Crippen LogP contribution in [0.2, 0.25) is 0 Å². The molecular weight excluding hydrogens is 480 g/mol. The number of benzene rings is 2. The Labute approximate surface area is 203 Å². The maximum atomic E-state index is 6.26. The average Bonchev–Trinajstić information content (AvgIpc) is 3.42. The number of nitrogens with zero attached hydrogens (tertiary/aromatic N) is 4. The first kappa shape index (κ1) is 21.2. The van der Waals surface area contributed by atoms with Crippen LogP contribution >= 0.6 is 15.9 Å². The topological polar surface area (TPSA) is 50.7 Å². The van der Waals surface area contributed by atoms with Crippen molar-refractivity contribution in [2.75, 3.05) is 38.3 Å². The van der Waals surface area contributed by atoms with E-state index in [1.807, 2.05) is 0 Å². The lowest BCUT2D eigenvalue weighted by Crippen LogP contribution is -2.43. The van der Waals surface area contributed by atoms with Crippen molar-refractivity contribution >= 4 is 32.4 Å². The van der Waals surface area contributed by atoms with Crippen molar-refractivity contribution in [1.29, 1.82) is 0 Å². The molecule has 6 nitrogen and oxygen atoms in total. The van der Waals surface area contributed by atoms with Crippen LogP contribution in [0.15, 0.2) is 40.9 Å². The molecule has 172 valence electrons. The molecule has 4 heterocycles. The Morgan fingerprint density at radius 1 is 1.03 bits per heavy atom. The minimum Gasteiger partial charge on any atom is -0.481 e. The normalized spacial score (nSPS) is 19.5. The van der Waals surface area contributed by atoms with Gasteiger partial charge in [-0.1, -0.05) is 40.2 Å². The number of halogens is 1. The van der Waals surface area contributed by atoms with Gasteiger partial charge in [-0.3, -0.25) is 4.90 Å². The number of methoxy groups -OCH3 is 1. The summed E-state index contributed by atoms with van der Waals surface area (Å²) in [6.45, 7) is 4.64. The van der Waals surface area contributed by atoms with Gasteiger partial charge in [-0.2, -0.15) is 9.97 Å². The lowest BCUT2D eigenvalue weighted by atomic mass is 9.95. The highest BCUT2D eigenvalue weighted by Crippen LogP contribution is 2.40. The van der Waals surface area contributed by atoms with E-state index in [2.05, 4.69) is 67.1 Å². The smallest absolute Gasteiger partial charge is 0.320 e. The molecular formula is C26H29BrN4O2. The predicted octanol–water partition coefficient (Wildman–Crippen LogP) is 4.97. The van der Waals surface area contributed by atoms with Crippen molar-refractivity contribution in [3.05, 3.63) is 52.1 Å². The maximum Gasteiger partial charge on any atom is 0.320 e. The molecule has 33 heavy (non-hydrogen) atoms. The second kappa shape index (κ2) is 8.44. The molecule has 0 bridgehead atoms. The summed E-state index contributed by atoms with van der Waals surface area (Å²) in [6, 6.07) is 13.3. The van der Waals surface area contributed by atoms with E-state index < -0.39 is 0 Å². The first-order chi connectivity index (χ1) is 16.2. The van der Waals surface area contributed by atoms with Gasteiger partial charge >= 0.3 is 6.01 Å². The Morgan fingerprint density at radius 2 is 1.82 bits per heavy atom. The van der Waals surface area contributed by atoms with Crippen LogP contribution < -0.4 is 14.4 Å². The van der Waals surface area contributed by atoms with Crippen molar-refractivity contribution in [2.45, 2.75) is 44.2 Å². The summed E-state index contributed by atoms with van der Waals surface area (Å²) in [7, 11) is 1.69. The monoisotopic (exact) mass is 508 g/mol. The zero-order valence-corrected chi connectivity index (χ0v) is 20.6. The summed E-state index contributed by atoms with van der Waals surface area (Å²) in [4.78, 5) is 14.5. The first-order valence-electron chi connectivity index (χ1n) is 11.9. The Bertz CT molecular complexity index is 1190. The zero-order valence-electron chi connectivity index (χ0n) is 19.0. The number of ether oxygens (including phenoxy) is 2. The molecule has 3 aromatic rings. The summed E-state index contributed by atoms with van der Waals surface area (Å²) >= 11 is 3.76. The molecule has 2 aromatic carbocycles. The third-order valence-electron chi connectivity index (χ3n) is 7.65. The van der Waals surface area contributed by atoms with E-state index in [0.717, 1.165) is 28.7 Å². The van der Waals surface area contributed by atoms with E-state index in [1.165, 1.54) is 55.2 Å². The van der Waals surface area contributed by atoms with Crippen LogP contribution in [-0.2, 0) is 13.0 Å². The molecule has 3 aliphatic heterocycles. The molecule has 0 saturated carbocycles. The van der Waals surface area contributed by atoms with Crippen LogP contribution in [0.3, 0.4) is 0 Å². The average molecular weight is 509 g/mol. The third-order valence-corrected chi connectivity index (χ3v) is 8.31. The fraction of sp³-hybridized carbons (Fsp3) is 0.462. The van der Waals surface area contributed by atoms with Crippen molar-refractivity contribution in [3.63, 3.8) is 0 Å². The molecule has 0 amide bonds. The molecule has 0 atom stereocenters. The second-order valence-corrected chi connectivity index (χ2v) is 10.3. The van der Waals surface area contributed by atoms with Gasteiger partial charge in [-0.25, -0.2) is 0 Å². The van der Waals surface area contributed by atoms with E-state index in [9.17, 15) is 0 Å². The third kappa shape index (κ3) is 3.66. The SMILES string of the molecule is COc1nc(OCC23CCCN2CCC3)nc2c1CCN(c1cccc3cccc(Br)c13)C2. The van der Waals surface area contributed by atoms with Gasteiger partial charge in [0.2, 0.25) is 5.88 Å². The fourth-order valence-electron chi connectivity index (χ4n) is 6.01. The molecule has 0 unspecified atom stereocenters. The van der Waals surface area contributed by atoms with Crippen LogP contribution in [-0.4, -0.2) is 53.8 Å².